The van der Waals surface area contributed by atoms with Gasteiger partial charge in [-0.25, -0.2) is 4.39 Å². The molecule has 0 aliphatic carbocycles. The number of carbonyl (C=O) groups is 1. The normalized spacial score (nSPS) is 22.7. The zero-order chi connectivity index (χ0) is 14.0. The number of ether oxygens (including phenoxy) is 1. The Balaban J connectivity index is 2.13. The minimum absolute atomic E-state index is 0.0475. The van der Waals surface area contributed by atoms with Crippen LogP contribution in [0.5, 0.6) is 5.75 Å². The van der Waals surface area contributed by atoms with Gasteiger partial charge in [0.1, 0.15) is 11.6 Å². The smallest absolute Gasteiger partial charge is 0.163 e. The lowest BCUT2D eigenvalue weighted by Gasteiger charge is -2.14. The Morgan fingerprint density at radius 3 is 2.89 bits per heavy atom. The lowest BCUT2D eigenvalue weighted by Crippen LogP contribution is -2.13. The van der Waals surface area contributed by atoms with Gasteiger partial charge in [-0.1, -0.05) is 0 Å². The van der Waals surface area contributed by atoms with Gasteiger partial charge in [-0.2, -0.15) is 11.8 Å². The van der Waals surface area contributed by atoms with Crippen molar-refractivity contribution in [1.29, 1.82) is 0 Å². The van der Waals surface area contributed by atoms with E-state index in [-0.39, 0.29) is 23.2 Å². The van der Waals surface area contributed by atoms with Crippen LogP contribution in [0, 0.1) is 5.82 Å². The first-order valence-corrected chi connectivity index (χ1v) is 7.29. The van der Waals surface area contributed by atoms with Gasteiger partial charge in [0, 0.05) is 23.2 Å². The molecular weight excluding hydrogens is 267 g/mol. The molecule has 1 aromatic carbocycles. The maximum absolute atomic E-state index is 13.4. The SMILES string of the molecule is CC(=O)c1cc(F)cc(CSC2CCOC2C)c1O. The minimum atomic E-state index is -0.491. The Hall–Kier alpha value is -1.07. The maximum atomic E-state index is 13.4. The number of hydrogen-bond donors (Lipinski definition) is 1. The summed E-state index contributed by atoms with van der Waals surface area (Å²) in [6.07, 6.45) is 1.13. The van der Waals surface area contributed by atoms with E-state index in [2.05, 4.69) is 0 Å². The van der Waals surface area contributed by atoms with Crippen LogP contribution in [0.4, 0.5) is 4.39 Å². The number of carbonyl (C=O) groups excluding carboxylic acids is 1. The molecule has 1 fully saturated rings. The molecule has 3 nitrogen and oxygen atoms in total. The third-order valence-electron chi connectivity index (χ3n) is 3.29. The number of Topliss-reactive ketones (excluding diaryl/α,β-unsaturated/α-hetero) is 1. The topological polar surface area (TPSA) is 46.5 Å². The monoisotopic (exact) mass is 284 g/mol. The summed E-state index contributed by atoms with van der Waals surface area (Å²) in [5.74, 6) is -0.453. The van der Waals surface area contributed by atoms with Crippen molar-refractivity contribution < 1.29 is 19.0 Å². The van der Waals surface area contributed by atoms with Crippen molar-refractivity contribution in [2.45, 2.75) is 37.4 Å². The zero-order valence-electron chi connectivity index (χ0n) is 11.0. The van der Waals surface area contributed by atoms with E-state index in [1.54, 1.807) is 11.8 Å². The van der Waals surface area contributed by atoms with E-state index in [1.807, 2.05) is 6.92 Å². The van der Waals surface area contributed by atoms with Crippen LogP contribution >= 0.6 is 11.8 Å². The van der Waals surface area contributed by atoms with Crippen LogP contribution in [0.1, 0.15) is 36.2 Å². The molecule has 19 heavy (non-hydrogen) atoms. The third-order valence-corrected chi connectivity index (χ3v) is 4.82. The van der Waals surface area contributed by atoms with Crippen LogP contribution in [0.2, 0.25) is 0 Å². The van der Waals surface area contributed by atoms with Crippen LogP contribution < -0.4 is 0 Å². The van der Waals surface area contributed by atoms with Crippen molar-refractivity contribution in [3.63, 3.8) is 0 Å². The highest BCUT2D eigenvalue weighted by molar-refractivity contribution is 7.99. The molecule has 2 rings (SSSR count). The van der Waals surface area contributed by atoms with E-state index in [4.69, 9.17) is 4.74 Å². The van der Waals surface area contributed by atoms with E-state index in [0.29, 0.717) is 16.6 Å². The lowest BCUT2D eigenvalue weighted by atomic mass is 10.1. The number of phenols is 1. The summed E-state index contributed by atoms with van der Waals surface area (Å²) in [4.78, 5) is 11.3. The van der Waals surface area contributed by atoms with E-state index in [1.165, 1.54) is 13.0 Å². The second-order valence-corrected chi connectivity index (χ2v) is 5.96. The Morgan fingerprint density at radius 1 is 1.58 bits per heavy atom. The fraction of sp³-hybridized carbons (Fsp3) is 0.500. The van der Waals surface area contributed by atoms with E-state index >= 15 is 0 Å². The number of phenolic OH excluding ortho intramolecular Hbond substituents is 1. The van der Waals surface area contributed by atoms with Crippen molar-refractivity contribution in [2.24, 2.45) is 0 Å². The van der Waals surface area contributed by atoms with Gasteiger partial charge in [0.2, 0.25) is 0 Å². The fourth-order valence-electron chi connectivity index (χ4n) is 2.16. The Labute approximate surface area is 116 Å². The third kappa shape index (κ3) is 3.28. The summed E-state index contributed by atoms with van der Waals surface area (Å²) < 4.78 is 18.9. The molecule has 0 bridgehead atoms. The molecule has 1 aliphatic heterocycles. The van der Waals surface area contributed by atoms with E-state index in [0.717, 1.165) is 19.1 Å². The molecule has 5 heteroatoms. The largest absolute Gasteiger partial charge is 0.507 e. The highest BCUT2D eigenvalue weighted by Crippen LogP contribution is 2.33. The molecule has 104 valence electrons. The average Bonchev–Trinajstić information content (AvgIpc) is 2.75. The maximum Gasteiger partial charge on any atom is 0.163 e. The van der Waals surface area contributed by atoms with Crippen molar-refractivity contribution in [3.8, 4) is 5.75 Å². The van der Waals surface area contributed by atoms with E-state index < -0.39 is 5.82 Å². The molecule has 0 aromatic heterocycles. The fourth-order valence-corrected chi connectivity index (χ4v) is 3.39. The van der Waals surface area contributed by atoms with Gasteiger partial charge in [0.15, 0.2) is 5.78 Å². The molecule has 0 amide bonds. The Bertz CT molecular complexity index is 490. The van der Waals surface area contributed by atoms with Crippen LogP contribution in [0.3, 0.4) is 0 Å². The number of halogens is 1. The summed E-state index contributed by atoms with van der Waals surface area (Å²) in [6.45, 7) is 4.07. The number of rotatable bonds is 4. The highest BCUT2D eigenvalue weighted by atomic mass is 32.2. The van der Waals surface area contributed by atoms with Crippen molar-refractivity contribution in [2.75, 3.05) is 6.61 Å². The molecule has 1 N–H and O–H groups in total. The van der Waals surface area contributed by atoms with Crippen LogP contribution in [0.25, 0.3) is 0 Å². The number of hydrogen-bond acceptors (Lipinski definition) is 4. The molecule has 0 spiro atoms. The second-order valence-electron chi connectivity index (χ2n) is 4.73. The molecule has 2 atom stereocenters. The van der Waals surface area contributed by atoms with Gasteiger partial charge in [0.25, 0.3) is 0 Å². The predicted molar refractivity (Wildman–Crippen MR) is 73.2 cm³/mol. The highest BCUT2D eigenvalue weighted by Gasteiger charge is 2.25. The van der Waals surface area contributed by atoms with Gasteiger partial charge in [-0.05, 0) is 32.4 Å². The number of benzene rings is 1. The summed E-state index contributed by atoms with van der Waals surface area (Å²) >= 11 is 1.63. The molecule has 1 saturated heterocycles. The van der Waals surface area contributed by atoms with Crippen molar-refractivity contribution >= 4 is 17.5 Å². The molecular formula is C14H17FO3S. The molecule has 0 radical (unpaired) electrons. The predicted octanol–water partition coefficient (Wildman–Crippen LogP) is 3.14. The van der Waals surface area contributed by atoms with Gasteiger partial charge in [0.05, 0.1) is 11.7 Å². The Kier molecular flexibility index (Phi) is 4.47. The summed E-state index contributed by atoms with van der Waals surface area (Å²) in [5, 5.41) is 10.3. The molecule has 1 heterocycles. The number of ketones is 1. The van der Waals surface area contributed by atoms with Gasteiger partial charge >= 0.3 is 0 Å². The van der Waals surface area contributed by atoms with Crippen molar-refractivity contribution in [1.82, 2.24) is 0 Å². The van der Waals surface area contributed by atoms with Crippen LogP contribution in [-0.4, -0.2) is 28.9 Å². The lowest BCUT2D eigenvalue weighted by molar-refractivity contribution is 0.101. The first kappa shape index (κ1) is 14.3. The standard InChI is InChI=1S/C14H17FO3S/c1-8(16)12-6-11(15)5-10(14(12)17)7-19-13-3-4-18-9(13)2/h5-6,9,13,17H,3-4,7H2,1-2H3. The summed E-state index contributed by atoms with van der Waals surface area (Å²) in [7, 11) is 0. The minimum Gasteiger partial charge on any atom is -0.507 e. The first-order valence-electron chi connectivity index (χ1n) is 6.24. The Morgan fingerprint density at radius 2 is 2.32 bits per heavy atom. The van der Waals surface area contributed by atoms with E-state index in [9.17, 15) is 14.3 Å². The second kappa shape index (κ2) is 5.92. The van der Waals surface area contributed by atoms with Gasteiger partial charge in [-0.3, -0.25) is 4.79 Å². The van der Waals surface area contributed by atoms with Crippen molar-refractivity contribution in [3.05, 3.63) is 29.1 Å². The van der Waals surface area contributed by atoms with Crippen LogP contribution in [-0.2, 0) is 10.5 Å². The number of thioether (sulfide) groups is 1. The number of aromatic hydroxyl groups is 1. The molecule has 1 aromatic rings. The molecule has 2 unspecified atom stereocenters. The first-order chi connectivity index (χ1) is 8.99. The zero-order valence-corrected chi connectivity index (χ0v) is 11.8. The summed E-state index contributed by atoms with van der Waals surface area (Å²) in [5.41, 5.74) is 0.514. The van der Waals surface area contributed by atoms with Crippen LogP contribution in [0.15, 0.2) is 12.1 Å². The molecule has 1 aliphatic rings. The quantitative estimate of drug-likeness (QED) is 0.863. The van der Waals surface area contributed by atoms with Gasteiger partial charge in [-0.15, -0.1) is 0 Å². The summed E-state index contributed by atoms with van der Waals surface area (Å²) in [6, 6.07) is 2.36. The average molecular weight is 284 g/mol. The van der Waals surface area contributed by atoms with Gasteiger partial charge < -0.3 is 9.84 Å². The molecule has 0 saturated carbocycles.